The maximum atomic E-state index is 10.6. The van der Waals surface area contributed by atoms with Crippen molar-refractivity contribution in [1.82, 2.24) is 14.5 Å². The second-order valence-electron chi connectivity index (χ2n) is 6.41. The summed E-state index contributed by atoms with van der Waals surface area (Å²) in [5, 5.41) is 11.4. The number of likely N-dealkylation sites (tertiary alicyclic amines) is 1. The molecule has 1 aliphatic heterocycles. The molecule has 4 nitrogen and oxygen atoms in total. The summed E-state index contributed by atoms with van der Waals surface area (Å²) in [5.74, 6) is 1.04. The molecule has 0 radical (unpaired) electrons. The Labute approximate surface area is 142 Å². The fourth-order valence-electron chi connectivity index (χ4n) is 3.51. The monoisotopic (exact) mass is 333 g/mol. The van der Waals surface area contributed by atoms with Crippen LogP contribution in [0.5, 0.6) is 0 Å². The fourth-order valence-corrected chi connectivity index (χ4v) is 3.80. The highest BCUT2D eigenvalue weighted by Crippen LogP contribution is 2.34. The molecule has 1 aliphatic rings. The molecule has 0 saturated carbocycles. The zero-order chi connectivity index (χ0) is 16.4. The zero-order valence-electron chi connectivity index (χ0n) is 13.7. The Kier molecular flexibility index (Phi) is 5.05. The van der Waals surface area contributed by atoms with Crippen molar-refractivity contribution in [1.29, 1.82) is 0 Å². The lowest BCUT2D eigenvalue weighted by atomic mass is 9.89. The van der Waals surface area contributed by atoms with Gasteiger partial charge in [0.05, 0.1) is 0 Å². The number of imidazole rings is 1. The van der Waals surface area contributed by atoms with Gasteiger partial charge >= 0.3 is 0 Å². The van der Waals surface area contributed by atoms with E-state index in [4.69, 9.17) is 11.6 Å². The molecule has 5 heteroatoms. The highest BCUT2D eigenvalue weighted by atomic mass is 35.5. The quantitative estimate of drug-likeness (QED) is 0.929. The number of aliphatic hydroxyl groups is 1. The van der Waals surface area contributed by atoms with Crippen LogP contribution in [0.15, 0.2) is 36.7 Å². The second-order valence-corrected chi connectivity index (χ2v) is 6.82. The molecule has 2 unspecified atom stereocenters. The summed E-state index contributed by atoms with van der Waals surface area (Å²) in [4.78, 5) is 6.73. The van der Waals surface area contributed by atoms with Crippen molar-refractivity contribution >= 4 is 11.6 Å². The Morgan fingerprint density at radius 3 is 2.57 bits per heavy atom. The van der Waals surface area contributed by atoms with Crippen LogP contribution < -0.4 is 0 Å². The van der Waals surface area contributed by atoms with Crippen molar-refractivity contribution in [3.8, 4) is 0 Å². The van der Waals surface area contributed by atoms with E-state index in [1.807, 2.05) is 36.0 Å². The molecule has 0 amide bonds. The zero-order valence-corrected chi connectivity index (χ0v) is 14.4. The van der Waals surface area contributed by atoms with E-state index in [2.05, 4.69) is 22.9 Å². The highest BCUT2D eigenvalue weighted by molar-refractivity contribution is 6.31. The van der Waals surface area contributed by atoms with E-state index < -0.39 is 6.10 Å². The molecule has 2 atom stereocenters. The van der Waals surface area contributed by atoms with Crippen LogP contribution in [0, 0.1) is 5.92 Å². The van der Waals surface area contributed by atoms with Gasteiger partial charge < -0.3 is 9.67 Å². The lowest BCUT2D eigenvalue weighted by Gasteiger charge is -2.37. The molecule has 0 bridgehead atoms. The second kappa shape index (κ2) is 7.04. The molecular formula is C18H24ClN3O. The molecule has 2 heterocycles. The maximum absolute atomic E-state index is 10.6. The molecule has 0 aliphatic carbocycles. The minimum absolute atomic E-state index is 0.269. The first-order valence-corrected chi connectivity index (χ1v) is 8.59. The first kappa shape index (κ1) is 16.5. The first-order valence-electron chi connectivity index (χ1n) is 8.21. The van der Waals surface area contributed by atoms with Crippen LogP contribution in [0.3, 0.4) is 0 Å². The van der Waals surface area contributed by atoms with Crippen molar-refractivity contribution in [2.24, 2.45) is 13.0 Å². The molecule has 1 aromatic carbocycles. The molecule has 124 valence electrons. The summed E-state index contributed by atoms with van der Waals surface area (Å²) in [5.41, 5.74) is 1.18. The molecule has 1 fully saturated rings. The third-order valence-electron chi connectivity index (χ3n) is 5.05. The van der Waals surface area contributed by atoms with Crippen molar-refractivity contribution in [3.05, 3.63) is 53.1 Å². The molecule has 0 spiro atoms. The number of halogens is 1. The summed E-state index contributed by atoms with van der Waals surface area (Å²) in [6.07, 6.45) is 5.10. The SMILES string of the molecule is CC(c1ccccc1Cl)N1CCC(C(O)c2nccn2C)CC1. The van der Waals surface area contributed by atoms with Gasteiger partial charge in [-0.2, -0.15) is 0 Å². The van der Waals surface area contributed by atoms with Gasteiger partial charge in [-0.05, 0) is 50.4 Å². The summed E-state index contributed by atoms with van der Waals surface area (Å²) < 4.78 is 1.91. The fraction of sp³-hybridized carbons (Fsp3) is 0.500. The van der Waals surface area contributed by atoms with E-state index >= 15 is 0 Å². The lowest BCUT2D eigenvalue weighted by Crippen LogP contribution is -2.37. The topological polar surface area (TPSA) is 41.3 Å². The van der Waals surface area contributed by atoms with Crippen LogP contribution in [0.2, 0.25) is 5.02 Å². The average molecular weight is 334 g/mol. The molecule has 1 aromatic heterocycles. The molecule has 1 saturated heterocycles. The Morgan fingerprint density at radius 1 is 1.26 bits per heavy atom. The van der Waals surface area contributed by atoms with E-state index in [1.165, 1.54) is 5.56 Å². The number of hydrogen-bond donors (Lipinski definition) is 1. The molecule has 1 N–H and O–H groups in total. The Balaban J connectivity index is 1.62. The van der Waals surface area contributed by atoms with Gasteiger partial charge in [-0.3, -0.25) is 4.90 Å². The number of aromatic nitrogens is 2. The van der Waals surface area contributed by atoms with Gasteiger partial charge in [0.15, 0.2) is 0 Å². The number of piperidine rings is 1. The van der Waals surface area contributed by atoms with Gasteiger partial charge in [0.2, 0.25) is 0 Å². The minimum Gasteiger partial charge on any atom is -0.385 e. The van der Waals surface area contributed by atoms with E-state index in [1.54, 1.807) is 6.20 Å². The molecule has 3 rings (SSSR count). The van der Waals surface area contributed by atoms with Crippen molar-refractivity contribution < 1.29 is 5.11 Å². The predicted octanol–water partition coefficient (Wildman–Crippen LogP) is 3.58. The van der Waals surface area contributed by atoms with E-state index in [-0.39, 0.29) is 5.92 Å². The number of aryl methyl sites for hydroxylation is 1. The number of rotatable bonds is 4. The van der Waals surface area contributed by atoms with Crippen molar-refractivity contribution in [2.75, 3.05) is 13.1 Å². The van der Waals surface area contributed by atoms with Crippen LogP contribution in [0.1, 0.15) is 43.3 Å². The third-order valence-corrected chi connectivity index (χ3v) is 5.39. The Morgan fingerprint density at radius 2 is 1.96 bits per heavy atom. The van der Waals surface area contributed by atoms with Crippen LogP contribution in [0.4, 0.5) is 0 Å². The van der Waals surface area contributed by atoms with Crippen LogP contribution in [0.25, 0.3) is 0 Å². The maximum Gasteiger partial charge on any atom is 0.137 e. The molecular weight excluding hydrogens is 310 g/mol. The lowest BCUT2D eigenvalue weighted by molar-refractivity contribution is 0.0406. The van der Waals surface area contributed by atoms with Gasteiger partial charge in [0, 0.05) is 30.5 Å². The van der Waals surface area contributed by atoms with Gasteiger partial charge in [-0.15, -0.1) is 0 Å². The average Bonchev–Trinajstić information content (AvgIpc) is 3.00. The standard InChI is InChI=1S/C18H24ClN3O/c1-13(15-5-3-4-6-16(15)19)22-10-7-14(8-11-22)17(23)18-20-9-12-21(18)2/h3-6,9,12-14,17,23H,7-8,10-11H2,1-2H3. The summed E-state index contributed by atoms with van der Waals surface area (Å²) >= 11 is 6.32. The first-order chi connectivity index (χ1) is 11.1. The van der Waals surface area contributed by atoms with Crippen molar-refractivity contribution in [2.45, 2.75) is 31.9 Å². The minimum atomic E-state index is -0.479. The Hall–Kier alpha value is -1.36. The van der Waals surface area contributed by atoms with Crippen LogP contribution in [-0.2, 0) is 7.05 Å². The number of aliphatic hydroxyl groups excluding tert-OH is 1. The number of nitrogens with zero attached hydrogens (tertiary/aromatic N) is 3. The summed E-state index contributed by atoms with van der Waals surface area (Å²) in [6, 6.07) is 8.35. The van der Waals surface area contributed by atoms with E-state index in [0.717, 1.165) is 36.8 Å². The van der Waals surface area contributed by atoms with Crippen molar-refractivity contribution in [3.63, 3.8) is 0 Å². The van der Waals surface area contributed by atoms with Gasteiger partial charge in [0.1, 0.15) is 11.9 Å². The summed E-state index contributed by atoms with van der Waals surface area (Å²) in [6.45, 7) is 4.15. The molecule has 23 heavy (non-hydrogen) atoms. The normalized spacial score (nSPS) is 19.7. The van der Waals surface area contributed by atoms with E-state index in [9.17, 15) is 5.11 Å². The smallest absolute Gasteiger partial charge is 0.137 e. The highest BCUT2D eigenvalue weighted by Gasteiger charge is 2.30. The van der Waals surface area contributed by atoms with E-state index in [0.29, 0.717) is 6.04 Å². The van der Waals surface area contributed by atoms with Crippen LogP contribution in [-0.4, -0.2) is 32.6 Å². The predicted molar refractivity (Wildman–Crippen MR) is 92.3 cm³/mol. The number of benzene rings is 1. The van der Waals surface area contributed by atoms with Gasteiger partial charge in [-0.1, -0.05) is 29.8 Å². The Bertz CT molecular complexity index is 649. The van der Waals surface area contributed by atoms with Gasteiger partial charge in [-0.25, -0.2) is 4.98 Å². The largest absolute Gasteiger partial charge is 0.385 e. The van der Waals surface area contributed by atoms with Crippen LogP contribution >= 0.6 is 11.6 Å². The van der Waals surface area contributed by atoms with Gasteiger partial charge in [0.25, 0.3) is 0 Å². The summed E-state index contributed by atoms with van der Waals surface area (Å²) in [7, 11) is 1.93. The number of hydrogen-bond acceptors (Lipinski definition) is 3. The third kappa shape index (κ3) is 3.44. The molecule has 2 aromatic rings.